The molecule has 0 heterocycles. The first-order chi connectivity index (χ1) is 4.68. The van der Waals surface area contributed by atoms with Gasteiger partial charge in [0, 0.05) is 0 Å². The highest BCUT2D eigenvalue weighted by Crippen LogP contribution is 2.00. The van der Waals surface area contributed by atoms with Gasteiger partial charge < -0.3 is 11.5 Å². The number of hydrogen-bond acceptors (Lipinski definition) is 2. The van der Waals surface area contributed by atoms with Crippen LogP contribution in [0.5, 0.6) is 0 Å². The maximum absolute atomic E-state index is 5.86. The number of rotatable bonds is 5. The van der Waals surface area contributed by atoms with Crippen LogP contribution >= 0.6 is 0 Å². The zero-order valence-electron chi connectivity index (χ0n) is 7.06. The second-order valence-electron chi connectivity index (χ2n) is 2.97. The Hall–Kier alpha value is 0.137. The molecule has 0 amide bonds. The Morgan fingerprint density at radius 2 is 1.90 bits per heavy atom. The molecule has 0 aromatic rings. The zero-order valence-corrected chi connectivity index (χ0v) is 8.06. The van der Waals surface area contributed by atoms with Crippen LogP contribution in [0.25, 0.3) is 0 Å². The second kappa shape index (κ2) is 5.89. The molecule has 0 rings (SSSR count). The molecule has 0 fully saturated rings. The lowest BCUT2D eigenvalue weighted by atomic mass is 10.2. The van der Waals surface area contributed by atoms with Crippen LogP contribution in [0, 0.1) is 0 Å². The van der Waals surface area contributed by atoms with E-state index in [4.69, 9.17) is 11.5 Å². The number of unbranched alkanes of at least 4 members (excludes halogenated alkanes) is 1. The molecule has 1 radical (unpaired) electrons. The Morgan fingerprint density at radius 1 is 1.30 bits per heavy atom. The third-order valence-electron chi connectivity index (χ3n) is 1.71. The molecule has 2 nitrogen and oxygen atoms in total. The highest BCUT2D eigenvalue weighted by molar-refractivity contribution is 6.57. The average Bonchev–Trinajstić information content (AvgIpc) is 1.88. The van der Waals surface area contributed by atoms with Gasteiger partial charge in [0.05, 0.1) is 8.80 Å². The SMILES string of the molecule is C[Si](C)C(N)CCCCN. The van der Waals surface area contributed by atoms with Crippen LogP contribution in [0.1, 0.15) is 19.3 Å². The van der Waals surface area contributed by atoms with Crippen molar-refractivity contribution >= 4 is 8.80 Å². The largest absolute Gasteiger partial charge is 0.331 e. The minimum absolute atomic E-state index is 0.256. The molecule has 10 heavy (non-hydrogen) atoms. The van der Waals surface area contributed by atoms with Gasteiger partial charge in [-0.05, 0) is 25.1 Å². The normalized spacial score (nSPS) is 14.1. The molecule has 3 heteroatoms. The van der Waals surface area contributed by atoms with Gasteiger partial charge in [-0.2, -0.15) is 0 Å². The Labute approximate surface area is 65.6 Å². The van der Waals surface area contributed by atoms with Crippen molar-refractivity contribution in [2.45, 2.75) is 38.0 Å². The number of nitrogens with two attached hydrogens (primary N) is 2. The molecule has 1 unspecified atom stereocenters. The molecule has 0 saturated carbocycles. The minimum atomic E-state index is -0.256. The fourth-order valence-electron chi connectivity index (χ4n) is 0.797. The lowest BCUT2D eigenvalue weighted by Gasteiger charge is -2.12. The van der Waals surface area contributed by atoms with Gasteiger partial charge in [-0.3, -0.25) is 0 Å². The summed E-state index contributed by atoms with van der Waals surface area (Å²) in [5.74, 6) is 0. The summed E-state index contributed by atoms with van der Waals surface area (Å²) in [5.41, 5.74) is 11.7. The van der Waals surface area contributed by atoms with Crippen LogP contribution in [-0.4, -0.2) is 21.0 Å². The Morgan fingerprint density at radius 3 is 2.30 bits per heavy atom. The second-order valence-corrected chi connectivity index (χ2v) is 5.86. The molecular formula is C7H19N2Si. The van der Waals surface area contributed by atoms with E-state index in [0.717, 1.165) is 13.0 Å². The van der Waals surface area contributed by atoms with Crippen molar-refractivity contribution in [3.8, 4) is 0 Å². The van der Waals surface area contributed by atoms with Crippen molar-refractivity contribution < 1.29 is 0 Å². The maximum atomic E-state index is 5.86. The van der Waals surface area contributed by atoms with E-state index in [0.29, 0.717) is 5.67 Å². The van der Waals surface area contributed by atoms with E-state index in [1.165, 1.54) is 12.8 Å². The minimum Gasteiger partial charge on any atom is -0.331 e. The van der Waals surface area contributed by atoms with Gasteiger partial charge in [0.15, 0.2) is 0 Å². The third kappa shape index (κ3) is 4.96. The Kier molecular flexibility index (Phi) is 5.97. The molecule has 0 spiro atoms. The van der Waals surface area contributed by atoms with Gasteiger partial charge in [-0.1, -0.05) is 19.5 Å². The first-order valence-electron chi connectivity index (χ1n) is 3.94. The van der Waals surface area contributed by atoms with E-state index >= 15 is 0 Å². The summed E-state index contributed by atoms with van der Waals surface area (Å²) in [5, 5.41) is 0. The lowest BCUT2D eigenvalue weighted by molar-refractivity contribution is 0.660. The van der Waals surface area contributed by atoms with E-state index < -0.39 is 0 Å². The Balaban J connectivity index is 3.13. The fraction of sp³-hybridized carbons (Fsp3) is 1.00. The van der Waals surface area contributed by atoms with Crippen LogP contribution in [0.15, 0.2) is 0 Å². The van der Waals surface area contributed by atoms with E-state index in [1.54, 1.807) is 0 Å². The molecule has 0 aromatic carbocycles. The standard InChI is InChI=1S/C7H19N2Si/c1-10(2)7(9)5-3-4-6-8/h7H,3-6,8-9H2,1-2H3. The van der Waals surface area contributed by atoms with Crippen molar-refractivity contribution in [1.29, 1.82) is 0 Å². The highest BCUT2D eigenvalue weighted by Gasteiger charge is 2.07. The average molecular weight is 159 g/mol. The van der Waals surface area contributed by atoms with Crippen LogP contribution in [0.4, 0.5) is 0 Å². The molecule has 0 saturated heterocycles. The fourth-order valence-corrected chi connectivity index (χ4v) is 1.58. The molecular weight excluding hydrogens is 140 g/mol. The van der Waals surface area contributed by atoms with E-state index in [1.807, 2.05) is 0 Å². The molecule has 0 aromatic heterocycles. The molecule has 61 valence electrons. The third-order valence-corrected chi connectivity index (χ3v) is 3.48. The van der Waals surface area contributed by atoms with Gasteiger partial charge in [0.2, 0.25) is 0 Å². The molecule has 0 aliphatic carbocycles. The lowest BCUT2D eigenvalue weighted by Crippen LogP contribution is -2.33. The van der Waals surface area contributed by atoms with Crippen molar-refractivity contribution in [2.75, 3.05) is 6.54 Å². The van der Waals surface area contributed by atoms with Gasteiger partial charge >= 0.3 is 0 Å². The van der Waals surface area contributed by atoms with Crippen molar-refractivity contribution in [3.63, 3.8) is 0 Å². The molecule has 1 atom stereocenters. The quantitative estimate of drug-likeness (QED) is 0.459. The smallest absolute Gasteiger partial charge is 0.0620 e. The van der Waals surface area contributed by atoms with Gasteiger partial charge in [0.1, 0.15) is 0 Å². The first kappa shape index (κ1) is 10.1. The van der Waals surface area contributed by atoms with E-state index in [-0.39, 0.29) is 8.80 Å². The van der Waals surface area contributed by atoms with Gasteiger partial charge in [-0.15, -0.1) is 0 Å². The summed E-state index contributed by atoms with van der Waals surface area (Å²) >= 11 is 0. The monoisotopic (exact) mass is 159 g/mol. The summed E-state index contributed by atoms with van der Waals surface area (Å²) in [4.78, 5) is 0. The first-order valence-corrected chi connectivity index (χ1v) is 6.52. The van der Waals surface area contributed by atoms with E-state index in [2.05, 4.69) is 13.1 Å². The predicted molar refractivity (Wildman–Crippen MR) is 48.4 cm³/mol. The summed E-state index contributed by atoms with van der Waals surface area (Å²) in [6.45, 7) is 5.33. The molecule has 4 N–H and O–H groups in total. The molecule has 0 aliphatic rings. The van der Waals surface area contributed by atoms with Crippen LogP contribution in [0.2, 0.25) is 13.1 Å². The predicted octanol–water partition coefficient (Wildman–Crippen LogP) is 0.736. The van der Waals surface area contributed by atoms with Crippen LogP contribution in [0.3, 0.4) is 0 Å². The van der Waals surface area contributed by atoms with Gasteiger partial charge in [0.25, 0.3) is 0 Å². The molecule has 0 bridgehead atoms. The van der Waals surface area contributed by atoms with Gasteiger partial charge in [-0.25, -0.2) is 0 Å². The van der Waals surface area contributed by atoms with Crippen LogP contribution in [-0.2, 0) is 0 Å². The van der Waals surface area contributed by atoms with Crippen molar-refractivity contribution in [2.24, 2.45) is 11.5 Å². The maximum Gasteiger partial charge on any atom is 0.0620 e. The zero-order chi connectivity index (χ0) is 7.98. The highest BCUT2D eigenvalue weighted by atomic mass is 28.3. The summed E-state index contributed by atoms with van der Waals surface area (Å²) in [7, 11) is -0.256. The summed E-state index contributed by atoms with van der Waals surface area (Å²) < 4.78 is 0. The van der Waals surface area contributed by atoms with Crippen molar-refractivity contribution in [3.05, 3.63) is 0 Å². The topological polar surface area (TPSA) is 52.0 Å². The summed E-state index contributed by atoms with van der Waals surface area (Å²) in [6.07, 6.45) is 3.49. The van der Waals surface area contributed by atoms with Crippen LogP contribution < -0.4 is 11.5 Å². The van der Waals surface area contributed by atoms with E-state index in [9.17, 15) is 0 Å². The number of hydrogen-bond donors (Lipinski definition) is 2. The Bertz CT molecular complexity index is 76.0. The molecule has 0 aliphatic heterocycles. The summed E-state index contributed by atoms with van der Waals surface area (Å²) in [6, 6.07) is 0. The van der Waals surface area contributed by atoms with Crippen molar-refractivity contribution in [1.82, 2.24) is 0 Å².